The Kier molecular flexibility index (Phi) is 32.6. The molecule has 0 aromatic heterocycles. The van der Waals surface area contributed by atoms with Crippen molar-refractivity contribution in [1.29, 1.82) is 0 Å². The molecule has 0 saturated heterocycles. The molecule has 1 unspecified atom stereocenters. The first-order chi connectivity index (χ1) is 20.1. The third-order valence-electron chi connectivity index (χ3n) is 8.55. The maximum atomic E-state index is 12.2. The van der Waals surface area contributed by atoms with Crippen LogP contribution >= 0.6 is 0 Å². The topological polar surface area (TPSA) is 52.6 Å². The van der Waals surface area contributed by atoms with E-state index < -0.39 is 0 Å². The van der Waals surface area contributed by atoms with Crippen molar-refractivity contribution in [3.8, 4) is 0 Å². The van der Waals surface area contributed by atoms with Crippen LogP contribution in [0.15, 0.2) is 0 Å². The zero-order chi connectivity index (χ0) is 30.1. The van der Waals surface area contributed by atoms with Crippen molar-refractivity contribution in [2.45, 2.75) is 207 Å². The zero-order valence-electron chi connectivity index (χ0n) is 28.1. The fourth-order valence-electron chi connectivity index (χ4n) is 5.60. The van der Waals surface area contributed by atoms with Crippen LogP contribution in [0, 0.1) is 5.92 Å². The number of unbranched alkanes of at least 4 members (excludes halogenated alkanes) is 22. The normalized spacial score (nSPS) is 12.0. The summed E-state index contributed by atoms with van der Waals surface area (Å²) < 4.78 is 10.8. The molecular weight excluding hydrogens is 508 g/mol. The van der Waals surface area contributed by atoms with Crippen molar-refractivity contribution in [2.75, 3.05) is 13.2 Å². The average Bonchev–Trinajstić information content (AvgIpc) is 2.97. The fraction of sp³-hybridized carbons (Fsp3) is 0.946. The van der Waals surface area contributed by atoms with Crippen LogP contribution in [-0.4, -0.2) is 25.2 Å². The largest absolute Gasteiger partial charge is 0.466 e. The van der Waals surface area contributed by atoms with Gasteiger partial charge in [-0.1, -0.05) is 168 Å². The van der Waals surface area contributed by atoms with Crippen molar-refractivity contribution < 1.29 is 19.1 Å². The lowest BCUT2D eigenvalue weighted by Gasteiger charge is -2.14. The summed E-state index contributed by atoms with van der Waals surface area (Å²) in [5.41, 5.74) is 0. The number of ether oxygens (including phenoxy) is 2. The van der Waals surface area contributed by atoms with Crippen molar-refractivity contribution in [1.82, 2.24) is 0 Å². The van der Waals surface area contributed by atoms with E-state index in [1.54, 1.807) is 0 Å². The molecule has 0 bridgehead atoms. The molecule has 41 heavy (non-hydrogen) atoms. The zero-order valence-corrected chi connectivity index (χ0v) is 28.1. The lowest BCUT2D eigenvalue weighted by molar-refractivity contribution is -0.145. The number of rotatable bonds is 33. The molecule has 0 aliphatic rings. The Morgan fingerprint density at radius 1 is 0.439 bits per heavy atom. The number of carbonyl (C=O) groups is 2. The lowest BCUT2D eigenvalue weighted by Crippen LogP contribution is -2.12. The molecule has 0 radical (unpaired) electrons. The van der Waals surface area contributed by atoms with Crippen LogP contribution in [0.3, 0.4) is 0 Å². The predicted octanol–water partition coefficient (Wildman–Crippen LogP) is 12.1. The van der Waals surface area contributed by atoms with Crippen LogP contribution in [-0.2, 0) is 19.1 Å². The van der Waals surface area contributed by atoms with Crippen LogP contribution in [0.4, 0.5) is 0 Å². The highest BCUT2D eigenvalue weighted by Crippen LogP contribution is 2.20. The van der Waals surface area contributed by atoms with Crippen LogP contribution in [0.2, 0.25) is 0 Å². The molecule has 1 atom stereocenters. The minimum Gasteiger partial charge on any atom is -0.466 e. The molecule has 0 aromatic carbocycles. The highest BCUT2D eigenvalue weighted by molar-refractivity contribution is 5.69. The van der Waals surface area contributed by atoms with Gasteiger partial charge in [-0.25, -0.2) is 0 Å². The standard InChI is InChI=1S/C37H72O4/c1-4-7-9-11-24-28-32-40-36(38)31-27-23-21-19-17-15-13-14-16-18-20-22-26-30-35(6-3)34-37(39)41-33-29-25-12-10-8-5-2/h35H,4-34H2,1-3H3. The second kappa shape index (κ2) is 33.4. The molecule has 244 valence electrons. The van der Waals surface area contributed by atoms with Gasteiger partial charge in [-0.2, -0.15) is 0 Å². The summed E-state index contributed by atoms with van der Waals surface area (Å²) in [5.74, 6) is 0.516. The van der Waals surface area contributed by atoms with Gasteiger partial charge in [-0.3, -0.25) is 9.59 Å². The van der Waals surface area contributed by atoms with Gasteiger partial charge in [0.1, 0.15) is 0 Å². The first-order valence-corrected chi connectivity index (χ1v) is 18.4. The van der Waals surface area contributed by atoms with E-state index >= 15 is 0 Å². The van der Waals surface area contributed by atoms with E-state index in [0.717, 1.165) is 32.1 Å². The number of hydrogen-bond acceptors (Lipinski definition) is 4. The van der Waals surface area contributed by atoms with E-state index in [1.165, 1.54) is 141 Å². The second-order valence-corrected chi connectivity index (χ2v) is 12.6. The maximum absolute atomic E-state index is 12.2. The minimum atomic E-state index is 0.00234. The van der Waals surface area contributed by atoms with Gasteiger partial charge in [-0.05, 0) is 31.6 Å². The van der Waals surface area contributed by atoms with Crippen LogP contribution in [0.25, 0.3) is 0 Å². The van der Waals surface area contributed by atoms with Gasteiger partial charge in [0.05, 0.1) is 13.2 Å². The predicted molar refractivity (Wildman–Crippen MR) is 176 cm³/mol. The van der Waals surface area contributed by atoms with E-state index in [1.807, 2.05) is 0 Å². The van der Waals surface area contributed by atoms with E-state index in [0.29, 0.717) is 32.0 Å². The Balaban J connectivity index is 3.38. The summed E-state index contributed by atoms with van der Waals surface area (Å²) in [6.07, 6.45) is 34.9. The molecule has 0 aromatic rings. The Morgan fingerprint density at radius 2 is 0.805 bits per heavy atom. The van der Waals surface area contributed by atoms with Gasteiger partial charge in [-0.15, -0.1) is 0 Å². The van der Waals surface area contributed by atoms with Crippen molar-refractivity contribution >= 4 is 11.9 Å². The van der Waals surface area contributed by atoms with Gasteiger partial charge in [0.15, 0.2) is 0 Å². The van der Waals surface area contributed by atoms with E-state index in [4.69, 9.17) is 9.47 Å². The fourth-order valence-corrected chi connectivity index (χ4v) is 5.60. The minimum absolute atomic E-state index is 0.00234. The molecule has 0 fully saturated rings. The quantitative estimate of drug-likeness (QED) is 0.0572. The summed E-state index contributed by atoms with van der Waals surface area (Å²) in [6.45, 7) is 7.90. The van der Waals surface area contributed by atoms with Gasteiger partial charge in [0.25, 0.3) is 0 Å². The molecule has 0 spiro atoms. The summed E-state index contributed by atoms with van der Waals surface area (Å²) in [7, 11) is 0. The summed E-state index contributed by atoms with van der Waals surface area (Å²) in [5, 5.41) is 0. The summed E-state index contributed by atoms with van der Waals surface area (Å²) >= 11 is 0. The number of hydrogen-bond donors (Lipinski definition) is 0. The van der Waals surface area contributed by atoms with E-state index in [2.05, 4.69) is 20.8 Å². The molecule has 0 heterocycles. The number of esters is 2. The van der Waals surface area contributed by atoms with Crippen molar-refractivity contribution in [3.05, 3.63) is 0 Å². The molecule has 0 aliphatic heterocycles. The second-order valence-electron chi connectivity index (χ2n) is 12.6. The smallest absolute Gasteiger partial charge is 0.306 e. The molecule has 4 heteroatoms. The molecule has 4 nitrogen and oxygen atoms in total. The Bertz CT molecular complexity index is 547. The maximum Gasteiger partial charge on any atom is 0.306 e. The first-order valence-electron chi connectivity index (χ1n) is 18.4. The van der Waals surface area contributed by atoms with Crippen LogP contribution < -0.4 is 0 Å². The Hall–Kier alpha value is -1.06. The van der Waals surface area contributed by atoms with Crippen molar-refractivity contribution in [3.63, 3.8) is 0 Å². The summed E-state index contributed by atoms with van der Waals surface area (Å²) in [6, 6.07) is 0. The Labute approximate surface area is 256 Å². The third kappa shape index (κ3) is 31.7. The van der Waals surface area contributed by atoms with Crippen molar-refractivity contribution in [2.24, 2.45) is 5.92 Å². The summed E-state index contributed by atoms with van der Waals surface area (Å²) in [4.78, 5) is 24.0. The van der Waals surface area contributed by atoms with Crippen LogP contribution in [0.5, 0.6) is 0 Å². The molecule has 0 N–H and O–H groups in total. The van der Waals surface area contributed by atoms with Gasteiger partial charge >= 0.3 is 11.9 Å². The van der Waals surface area contributed by atoms with Crippen LogP contribution in [0.1, 0.15) is 207 Å². The van der Waals surface area contributed by atoms with Gasteiger partial charge in [0, 0.05) is 12.8 Å². The van der Waals surface area contributed by atoms with E-state index in [-0.39, 0.29) is 11.9 Å². The molecule has 0 saturated carbocycles. The molecular formula is C37H72O4. The first kappa shape index (κ1) is 39.9. The Morgan fingerprint density at radius 3 is 1.24 bits per heavy atom. The van der Waals surface area contributed by atoms with Gasteiger partial charge < -0.3 is 9.47 Å². The lowest BCUT2D eigenvalue weighted by atomic mass is 9.95. The average molecular weight is 581 g/mol. The molecule has 0 amide bonds. The van der Waals surface area contributed by atoms with E-state index in [9.17, 15) is 9.59 Å². The number of carbonyl (C=O) groups excluding carboxylic acids is 2. The monoisotopic (exact) mass is 581 g/mol. The highest BCUT2D eigenvalue weighted by Gasteiger charge is 2.13. The molecule has 0 rings (SSSR count). The molecule has 0 aliphatic carbocycles. The SMILES string of the molecule is CCCCCCCCOC(=O)CCCCCCCCCCCCCCCC(CC)CC(=O)OCCCCCCCC. The van der Waals surface area contributed by atoms with Gasteiger partial charge in [0.2, 0.25) is 0 Å². The third-order valence-corrected chi connectivity index (χ3v) is 8.55. The highest BCUT2D eigenvalue weighted by atomic mass is 16.5.